The molecule has 6 heteroatoms. The van der Waals surface area contributed by atoms with Crippen LogP contribution in [0.5, 0.6) is 0 Å². The van der Waals surface area contributed by atoms with Gasteiger partial charge in [-0.3, -0.25) is 4.79 Å². The number of hydrogen-bond donors (Lipinski definition) is 0. The Morgan fingerprint density at radius 2 is 1.67 bits per heavy atom. The van der Waals surface area contributed by atoms with Crippen molar-refractivity contribution < 1.29 is 18.8 Å². The van der Waals surface area contributed by atoms with Gasteiger partial charge < -0.3 is 9.16 Å². The molecule has 5 nitrogen and oxygen atoms in total. The molecule has 0 aromatic heterocycles. The first-order valence-corrected chi connectivity index (χ1v) is 12.3. The second-order valence-corrected chi connectivity index (χ2v) is 14.8. The number of hydrogen-bond acceptors (Lipinski definition) is 4. The number of rotatable bonds is 3. The van der Waals surface area contributed by atoms with E-state index in [2.05, 4.69) is 33.9 Å². The van der Waals surface area contributed by atoms with Crippen molar-refractivity contribution in [3.05, 3.63) is 29.8 Å². The Kier molecular flexibility index (Phi) is 5.40. The van der Waals surface area contributed by atoms with Crippen molar-refractivity contribution in [2.75, 3.05) is 11.5 Å². The summed E-state index contributed by atoms with van der Waals surface area (Å²) in [7, 11) is -2.04. The number of nitrogens with zero attached hydrogens (tertiary/aromatic N) is 1. The van der Waals surface area contributed by atoms with Crippen molar-refractivity contribution in [1.29, 1.82) is 0 Å². The number of ether oxygens (including phenoxy) is 1. The Labute approximate surface area is 164 Å². The van der Waals surface area contributed by atoms with Crippen molar-refractivity contribution in [3.8, 4) is 0 Å². The van der Waals surface area contributed by atoms with E-state index in [9.17, 15) is 9.59 Å². The highest BCUT2D eigenvalue weighted by Crippen LogP contribution is 2.44. The number of benzene rings is 1. The highest BCUT2D eigenvalue weighted by molar-refractivity contribution is 6.74. The lowest BCUT2D eigenvalue weighted by Gasteiger charge is -2.38. The molecule has 1 aliphatic rings. The third kappa shape index (κ3) is 4.11. The fraction of sp³-hybridized carbons (Fsp3) is 0.619. The summed E-state index contributed by atoms with van der Waals surface area (Å²) in [4.78, 5) is 27.2. The number of fused-ring (bicyclic) bond motifs is 1. The maximum absolute atomic E-state index is 13.3. The van der Waals surface area contributed by atoms with Gasteiger partial charge in [0.15, 0.2) is 8.32 Å². The van der Waals surface area contributed by atoms with Gasteiger partial charge in [-0.05, 0) is 57.5 Å². The third-order valence-corrected chi connectivity index (χ3v) is 10.00. The molecule has 1 aromatic carbocycles. The lowest BCUT2D eigenvalue weighted by atomic mass is 9.85. The van der Waals surface area contributed by atoms with Gasteiger partial charge in [-0.1, -0.05) is 39.0 Å². The molecule has 0 radical (unpaired) electrons. The number of para-hydroxylation sites is 1. The molecule has 0 N–H and O–H groups in total. The summed E-state index contributed by atoms with van der Waals surface area (Å²) in [5.74, 6) is -0.295. The standard InChI is InChI=1S/C21H33NO4Si/c1-19(2,3)26-18(24)22-16-13-11-10-12-15(16)21(7,17(22)23)14-25-27(8,9)20(4,5)6/h10-13H,14H2,1-9H3/t21-/m1/s1. The van der Waals surface area contributed by atoms with Crippen LogP contribution in [-0.2, 0) is 19.4 Å². The molecule has 2 rings (SSSR count). The summed E-state index contributed by atoms with van der Waals surface area (Å²) in [6.07, 6.45) is -0.643. The zero-order valence-corrected chi connectivity index (χ0v) is 19.1. The molecule has 1 aliphatic heterocycles. The van der Waals surface area contributed by atoms with Gasteiger partial charge in [0.25, 0.3) is 0 Å². The lowest BCUT2D eigenvalue weighted by Crippen LogP contribution is -2.49. The molecule has 1 atom stereocenters. The van der Waals surface area contributed by atoms with Gasteiger partial charge in [0.05, 0.1) is 17.7 Å². The fourth-order valence-electron chi connectivity index (χ4n) is 2.78. The molecule has 0 fully saturated rings. The quantitative estimate of drug-likeness (QED) is 0.661. The predicted octanol–water partition coefficient (Wildman–Crippen LogP) is 5.25. The molecule has 150 valence electrons. The van der Waals surface area contributed by atoms with Crippen LogP contribution in [0.1, 0.15) is 54.0 Å². The average molecular weight is 392 g/mol. The van der Waals surface area contributed by atoms with Gasteiger partial charge in [-0.2, -0.15) is 0 Å². The van der Waals surface area contributed by atoms with Crippen molar-refractivity contribution in [2.24, 2.45) is 0 Å². The lowest BCUT2D eigenvalue weighted by molar-refractivity contribution is -0.123. The Morgan fingerprint density at radius 1 is 1.11 bits per heavy atom. The molecule has 0 unspecified atom stereocenters. The van der Waals surface area contributed by atoms with Gasteiger partial charge >= 0.3 is 6.09 Å². The molecular formula is C21H33NO4Si. The monoisotopic (exact) mass is 391 g/mol. The van der Waals surface area contributed by atoms with Crippen LogP contribution in [0.15, 0.2) is 24.3 Å². The van der Waals surface area contributed by atoms with Gasteiger partial charge in [0.1, 0.15) is 5.60 Å². The maximum Gasteiger partial charge on any atom is 0.421 e. The second-order valence-electron chi connectivity index (χ2n) is 10.0. The highest BCUT2D eigenvalue weighted by Gasteiger charge is 2.52. The minimum absolute atomic E-state index is 0.0371. The van der Waals surface area contributed by atoms with Crippen LogP contribution >= 0.6 is 0 Å². The zero-order chi connectivity index (χ0) is 20.8. The molecule has 0 saturated carbocycles. The Morgan fingerprint density at radius 3 is 2.19 bits per heavy atom. The first-order chi connectivity index (χ1) is 12.1. The SMILES string of the molecule is CC(C)(C)OC(=O)N1C(=O)[C@](C)(CO[Si](C)(C)C(C)(C)C)c2ccccc21. The minimum Gasteiger partial charge on any atom is -0.443 e. The summed E-state index contributed by atoms with van der Waals surface area (Å²) >= 11 is 0. The van der Waals surface area contributed by atoms with Crippen molar-refractivity contribution in [3.63, 3.8) is 0 Å². The Balaban J connectivity index is 2.39. The van der Waals surface area contributed by atoms with E-state index in [1.807, 2.05) is 25.1 Å². The maximum atomic E-state index is 13.3. The van der Waals surface area contributed by atoms with E-state index in [0.717, 1.165) is 10.5 Å². The van der Waals surface area contributed by atoms with Crippen molar-refractivity contribution in [1.82, 2.24) is 0 Å². The van der Waals surface area contributed by atoms with E-state index in [-0.39, 0.29) is 17.6 Å². The third-order valence-electron chi connectivity index (χ3n) is 5.52. The zero-order valence-electron chi connectivity index (χ0n) is 18.1. The summed E-state index contributed by atoms with van der Waals surface area (Å²) in [5, 5.41) is 0.0371. The van der Waals surface area contributed by atoms with Crippen LogP contribution in [0.25, 0.3) is 0 Å². The van der Waals surface area contributed by atoms with Gasteiger partial charge in [0.2, 0.25) is 5.91 Å². The second kappa shape index (κ2) is 6.74. The average Bonchev–Trinajstić information content (AvgIpc) is 2.72. The van der Waals surface area contributed by atoms with Crippen LogP contribution in [0.4, 0.5) is 10.5 Å². The number of imide groups is 1. The van der Waals surface area contributed by atoms with Crippen LogP contribution in [0.3, 0.4) is 0 Å². The first kappa shape index (κ1) is 21.6. The van der Waals surface area contributed by atoms with Crippen LogP contribution in [-0.4, -0.2) is 32.5 Å². The summed E-state index contributed by atoms with van der Waals surface area (Å²) in [6, 6.07) is 7.39. The number of anilines is 1. The van der Waals surface area contributed by atoms with E-state index in [4.69, 9.17) is 9.16 Å². The van der Waals surface area contributed by atoms with E-state index in [0.29, 0.717) is 5.69 Å². The van der Waals surface area contributed by atoms with E-state index in [1.54, 1.807) is 26.8 Å². The molecular weight excluding hydrogens is 358 g/mol. The molecule has 1 heterocycles. The topological polar surface area (TPSA) is 55.8 Å². The van der Waals surface area contributed by atoms with E-state index < -0.39 is 25.4 Å². The van der Waals surface area contributed by atoms with Gasteiger partial charge in [-0.15, -0.1) is 0 Å². The number of amides is 2. The van der Waals surface area contributed by atoms with Crippen molar-refractivity contribution in [2.45, 2.75) is 77.6 Å². The molecule has 27 heavy (non-hydrogen) atoms. The molecule has 2 amide bonds. The fourth-order valence-corrected chi connectivity index (χ4v) is 3.86. The van der Waals surface area contributed by atoms with Crippen molar-refractivity contribution >= 4 is 26.0 Å². The summed E-state index contributed by atoms with van der Waals surface area (Å²) < 4.78 is 11.9. The van der Waals surface area contributed by atoms with Crippen LogP contribution in [0, 0.1) is 0 Å². The van der Waals surface area contributed by atoms with Gasteiger partial charge in [0, 0.05) is 0 Å². The molecule has 0 bridgehead atoms. The Bertz CT molecular complexity index is 745. The molecule has 0 aliphatic carbocycles. The predicted molar refractivity (Wildman–Crippen MR) is 111 cm³/mol. The Hall–Kier alpha value is -1.66. The smallest absolute Gasteiger partial charge is 0.421 e. The summed E-state index contributed by atoms with van der Waals surface area (Å²) in [5.41, 5.74) is -0.205. The first-order valence-electron chi connectivity index (χ1n) is 9.41. The molecule has 1 aromatic rings. The normalized spacial score (nSPS) is 20.6. The highest BCUT2D eigenvalue weighted by atomic mass is 28.4. The van der Waals surface area contributed by atoms with Crippen LogP contribution in [0.2, 0.25) is 18.1 Å². The number of carbonyl (C=O) groups excluding carboxylic acids is 2. The van der Waals surface area contributed by atoms with E-state index in [1.165, 1.54) is 0 Å². The largest absolute Gasteiger partial charge is 0.443 e. The van der Waals surface area contributed by atoms with Crippen LogP contribution < -0.4 is 4.90 Å². The minimum atomic E-state index is -2.04. The van der Waals surface area contributed by atoms with E-state index >= 15 is 0 Å². The number of carbonyl (C=O) groups is 2. The molecule has 0 spiro atoms. The molecule has 0 saturated heterocycles. The summed E-state index contributed by atoms with van der Waals surface area (Å²) in [6.45, 7) is 18.3. The van der Waals surface area contributed by atoms with Gasteiger partial charge in [-0.25, -0.2) is 9.69 Å².